The van der Waals surface area contributed by atoms with E-state index in [0.29, 0.717) is 44.3 Å². The topological polar surface area (TPSA) is 35.6 Å². The van der Waals surface area contributed by atoms with Crippen LogP contribution in [0.4, 0.5) is 18.9 Å². The number of amides is 1. The molecule has 0 aromatic heterocycles. The van der Waals surface area contributed by atoms with Gasteiger partial charge in [0.1, 0.15) is 0 Å². The lowest BCUT2D eigenvalue weighted by atomic mass is 10.1. The van der Waals surface area contributed by atoms with Crippen molar-refractivity contribution >= 4 is 11.6 Å². The molecule has 140 valence electrons. The Hall–Kier alpha value is -1.76. The maximum absolute atomic E-state index is 12.8. The third-order valence-electron chi connectivity index (χ3n) is 4.67. The van der Waals surface area contributed by atoms with Crippen LogP contribution in [-0.2, 0) is 11.0 Å². The van der Waals surface area contributed by atoms with E-state index in [0.717, 1.165) is 6.07 Å². The summed E-state index contributed by atoms with van der Waals surface area (Å²) in [7, 11) is 0. The average molecular weight is 357 g/mol. The van der Waals surface area contributed by atoms with Crippen molar-refractivity contribution in [3.63, 3.8) is 0 Å². The predicted octanol–water partition coefficient (Wildman–Crippen LogP) is 2.99. The van der Waals surface area contributed by atoms with Gasteiger partial charge in [0, 0.05) is 37.9 Å². The van der Waals surface area contributed by atoms with Crippen molar-refractivity contribution < 1.29 is 18.0 Å². The zero-order valence-corrected chi connectivity index (χ0v) is 14.9. The largest absolute Gasteiger partial charge is 0.416 e. The highest BCUT2D eigenvalue weighted by Gasteiger charge is 2.31. The number of carbonyl (C=O) groups is 1. The maximum atomic E-state index is 12.8. The zero-order valence-electron chi connectivity index (χ0n) is 14.9. The van der Waals surface area contributed by atoms with Crippen LogP contribution in [0.15, 0.2) is 24.3 Å². The molecule has 1 saturated heterocycles. The summed E-state index contributed by atoms with van der Waals surface area (Å²) in [4.78, 5) is 16.0. The molecule has 1 aromatic carbocycles. The van der Waals surface area contributed by atoms with Crippen molar-refractivity contribution in [1.29, 1.82) is 0 Å². The van der Waals surface area contributed by atoms with Gasteiger partial charge < -0.3 is 10.2 Å². The number of nitrogens with one attached hydrogen (secondary N) is 1. The molecule has 2 rings (SSSR count). The molecule has 0 bridgehead atoms. The van der Waals surface area contributed by atoms with E-state index in [1.807, 2.05) is 16.7 Å². The lowest BCUT2D eigenvalue weighted by molar-refractivity contribution is -0.137. The normalized spacial score (nSPS) is 17.6. The van der Waals surface area contributed by atoms with Crippen LogP contribution in [0.25, 0.3) is 0 Å². The number of piperazine rings is 1. The minimum absolute atomic E-state index is 0.00582. The molecule has 0 unspecified atom stereocenters. The Morgan fingerprint density at radius 1 is 1.16 bits per heavy atom. The molecule has 0 radical (unpaired) electrons. The average Bonchev–Trinajstić information content (AvgIpc) is 2.54. The molecular weight excluding hydrogens is 331 g/mol. The van der Waals surface area contributed by atoms with Crippen molar-refractivity contribution in [1.82, 2.24) is 10.2 Å². The Morgan fingerprint density at radius 3 is 2.36 bits per heavy atom. The molecule has 0 saturated carbocycles. The van der Waals surface area contributed by atoms with Crippen molar-refractivity contribution in [2.75, 3.05) is 37.6 Å². The van der Waals surface area contributed by atoms with Crippen molar-refractivity contribution in [3.05, 3.63) is 29.8 Å². The smallest absolute Gasteiger partial charge is 0.369 e. The van der Waals surface area contributed by atoms with Crippen LogP contribution in [-0.4, -0.2) is 49.6 Å². The summed E-state index contributed by atoms with van der Waals surface area (Å²) in [5.41, 5.74) is -0.0539. The minimum atomic E-state index is -4.33. The highest BCUT2D eigenvalue weighted by molar-refractivity contribution is 5.78. The molecule has 0 aliphatic carbocycles. The summed E-state index contributed by atoms with van der Waals surface area (Å²) < 4.78 is 38.5. The fourth-order valence-electron chi connectivity index (χ4n) is 2.71. The van der Waals surface area contributed by atoms with E-state index in [1.54, 1.807) is 6.07 Å². The van der Waals surface area contributed by atoms with Crippen molar-refractivity contribution in [2.45, 2.75) is 33.0 Å². The van der Waals surface area contributed by atoms with Gasteiger partial charge >= 0.3 is 6.18 Å². The first-order chi connectivity index (χ1) is 11.7. The molecule has 1 amide bonds. The van der Waals surface area contributed by atoms with Gasteiger partial charge in [-0.3, -0.25) is 9.69 Å². The fourth-order valence-corrected chi connectivity index (χ4v) is 2.71. The number of carbonyl (C=O) groups excluding carboxylic acids is 1. The molecule has 4 nitrogen and oxygen atoms in total. The van der Waals surface area contributed by atoms with E-state index >= 15 is 0 Å². The van der Waals surface area contributed by atoms with Crippen LogP contribution in [0, 0.1) is 5.92 Å². The van der Waals surface area contributed by atoms with E-state index in [1.165, 1.54) is 12.1 Å². The molecule has 1 aliphatic rings. The monoisotopic (exact) mass is 357 g/mol. The molecule has 25 heavy (non-hydrogen) atoms. The van der Waals surface area contributed by atoms with Crippen LogP contribution in [0.3, 0.4) is 0 Å². The number of anilines is 1. The summed E-state index contributed by atoms with van der Waals surface area (Å²) in [5, 5.41) is 2.97. The van der Waals surface area contributed by atoms with E-state index in [-0.39, 0.29) is 11.9 Å². The number of nitrogens with zero attached hydrogens (tertiary/aromatic N) is 2. The van der Waals surface area contributed by atoms with Gasteiger partial charge in [-0.05, 0) is 31.0 Å². The lowest BCUT2D eigenvalue weighted by Gasteiger charge is -2.36. The number of benzene rings is 1. The summed E-state index contributed by atoms with van der Waals surface area (Å²) >= 11 is 0. The summed E-state index contributed by atoms with van der Waals surface area (Å²) in [5.74, 6) is 0.371. The van der Waals surface area contributed by atoms with Gasteiger partial charge in [-0.25, -0.2) is 0 Å². The molecule has 1 aromatic rings. The Balaban J connectivity index is 1.87. The number of rotatable bonds is 5. The van der Waals surface area contributed by atoms with Gasteiger partial charge in [-0.1, -0.05) is 19.9 Å². The SMILES string of the molecule is CC(C)[C@H](C)NC(=O)CN1CCN(c2cccc(C(F)(F)F)c2)CC1. The van der Waals surface area contributed by atoms with Crippen LogP contribution in [0.2, 0.25) is 0 Å². The van der Waals surface area contributed by atoms with Crippen molar-refractivity contribution in [3.8, 4) is 0 Å². The van der Waals surface area contributed by atoms with Crippen LogP contribution in [0.5, 0.6) is 0 Å². The van der Waals surface area contributed by atoms with Gasteiger partial charge in [0.25, 0.3) is 0 Å². The van der Waals surface area contributed by atoms with Gasteiger partial charge in [0.05, 0.1) is 12.1 Å². The molecule has 1 fully saturated rings. The zero-order chi connectivity index (χ0) is 18.6. The standard InChI is InChI=1S/C18H26F3N3O/c1-13(2)14(3)22-17(25)12-23-7-9-24(10-8-23)16-6-4-5-15(11-16)18(19,20)21/h4-6,11,13-14H,7-10,12H2,1-3H3,(H,22,25)/t14-/m0/s1. The van der Waals surface area contributed by atoms with Gasteiger partial charge in [0.2, 0.25) is 5.91 Å². The van der Waals surface area contributed by atoms with E-state index in [4.69, 9.17) is 0 Å². The third-order valence-corrected chi connectivity index (χ3v) is 4.67. The molecule has 1 heterocycles. The van der Waals surface area contributed by atoms with Crippen LogP contribution < -0.4 is 10.2 Å². The first-order valence-electron chi connectivity index (χ1n) is 8.60. The minimum Gasteiger partial charge on any atom is -0.369 e. The quantitative estimate of drug-likeness (QED) is 0.880. The molecular formula is C18H26F3N3O. The second-order valence-corrected chi connectivity index (χ2v) is 6.91. The lowest BCUT2D eigenvalue weighted by Crippen LogP contribution is -2.50. The Morgan fingerprint density at radius 2 is 1.80 bits per heavy atom. The molecule has 1 atom stereocenters. The highest BCUT2D eigenvalue weighted by Crippen LogP contribution is 2.31. The Bertz CT molecular complexity index is 581. The number of hydrogen-bond donors (Lipinski definition) is 1. The molecule has 1 aliphatic heterocycles. The van der Waals surface area contributed by atoms with E-state index in [9.17, 15) is 18.0 Å². The number of hydrogen-bond acceptors (Lipinski definition) is 3. The van der Waals surface area contributed by atoms with Gasteiger partial charge in [-0.2, -0.15) is 13.2 Å². The molecule has 1 N–H and O–H groups in total. The Labute approximate surface area is 147 Å². The molecule has 0 spiro atoms. The van der Waals surface area contributed by atoms with Gasteiger partial charge in [-0.15, -0.1) is 0 Å². The van der Waals surface area contributed by atoms with Gasteiger partial charge in [0.15, 0.2) is 0 Å². The van der Waals surface area contributed by atoms with Crippen LogP contribution >= 0.6 is 0 Å². The Kier molecular flexibility index (Phi) is 6.32. The second kappa shape index (κ2) is 8.08. The summed E-state index contributed by atoms with van der Waals surface area (Å²) in [6, 6.07) is 5.53. The van der Waals surface area contributed by atoms with E-state index in [2.05, 4.69) is 19.2 Å². The third kappa shape index (κ3) is 5.63. The first kappa shape index (κ1) is 19.6. The molecule has 7 heteroatoms. The van der Waals surface area contributed by atoms with Crippen molar-refractivity contribution in [2.24, 2.45) is 5.92 Å². The highest BCUT2D eigenvalue weighted by atomic mass is 19.4. The predicted molar refractivity (Wildman–Crippen MR) is 92.5 cm³/mol. The van der Waals surface area contributed by atoms with Crippen LogP contribution in [0.1, 0.15) is 26.3 Å². The fraction of sp³-hybridized carbons (Fsp3) is 0.611. The summed E-state index contributed by atoms with van der Waals surface area (Å²) in [6.07, 6.45) is -4.33. The first-order valence-corrected chi connectivity index (χ1v) is 8.60. The maximum Gasteiger partial charge on any atom is 0.416 e. The number of halogens is 3. The second-order valence-electron chi connectivity index (χ2n) is 6.91. The van der Waals surface area contributed by atoms with E-state index < -0.39 is 11.7 Å². The number of alkyl halides is 3. The summed E-state index contributed by atoms with van der Waals surface area (Å²) in [6.45, 7) is 8.93.